The number of carbonyl (C=O) groups is 2. The maximum atomic E-state index is 12.5. The number of carbonyl (C=O) groups excluding carboxylic acids is 2. The van der Waals surface area contributed by atoms with Gasteiger partial charge in [-0.25, -0.2) is 0 Å². The average molecular weight is 382 g/mol. The molecule has 3 heterocycles. The van der Waals surface area contributed by atoms with Gasteiger partial charge in [-0.1, -0.05) is 23.4 Å². The van der Waals surface area contributed by atoms with Crippen molar-refractivity contribution in [3.63, 3.8) is 0 Å². The van der Waals surface area contributed by atoms with Gasteiger partial charge in [0.15, 0.2) is 0 Å². The first-order chi connectivity index (χ1) is 13.1. The van der Waals surface area contributed by atoms with E-state index >= 15 is 0 Å². The molecule has 7 nitrogen and oxygen atoms in total. The fourth-order valence-electron chi connectivity index (χ4n) is 3.09. The molecule has 1 aliphatic rings. The average Bonchev–Trinajstić information content (AvgIpc) is 3.41. The second kappa shape index (κ2) is 7.32. The highest BCUT2D eigenvalue weighted by Crippen LogP contribution is 2.28. The largest absolute Gasteiger partial charge is 0.351 e. The van der Waals surface area contributed by atoms with Crippen molar-refractivity contribution in [3.8, 4) is 11.4 Å². The lowest BCUT2D eigenvalue weighted by Gasteiger charge is -2.17. The summed E-state index contributed by atoms with van der Waals surface area (Å²) < 4.78 is 5.02. The van der Waals surface area contributed by atoms with E-state index in [1.165, 1.54) is 0 Å². The third kappa shape index (κ3) is 3.75. The molecule has 0 spiro atoms. The number of anilines is 1. The Bertz CT molecular complexity index is 967. The number of aromatic nitrogens is 2. The summed E-state index contributed by atoms with van der Waals surface area (Å²) in [6, 6.07) is 11.3. The first-order valence-corrected chi connectivity index (χ1v) is 9.49. The summed E-state index contributed by atoms with van der Waals surface area (Å²) >= 11 is 1.60. The maximum absolute atomic E-state index is 12.5. The van der Waals surface area contributed by atoms with Crippen LogP contribution in [0.1, 0.15) is 17.2 Å². The molecule has 0 unspecified atom stereocenters. The van der Waals surface area contributed by atoms with Crippen LogP contribution in [0.3, 0.4) is 0 Å². The molecular weight excluding hydrogens is 364 g/mol. The van der Waals surface area contributed by atoms with E-state index in [4.69, 9.17) is 4.52 Å². The van der Waals surface area contributed by atoms with E-state index in [9.17, 15) is 9.59 Å². The van der Waals surface area contributed by atoms with Gasteiger partial charge in [-0.2, -0.15) is 4.98 Å². The molecule has 1 atom stereocenters. The Balaban J connectivity index is 1.45. The zero-order chi connectivity index (χ0) is 18.8. The predicted molar refractivity (Wildman–Crippen MR) is 101 cm³/mol. The highest BCUT2D eigenvalue weighted by atomic mass is 32.1. The van der Waals surface area contributed by atoms with Crippen LogP contribution in [-0.4, -0.2) is 28.5 Å². The third-order valence-electron chi connectivity index (χ3n) is 4.46. The molecule has 0 saturated carbocycles. The topological polar surface area (TPSA) is 88.3 Å². The van der Waals surface area contributed by atoms with Gasteiger partial charge >= 0.3 is 0 Å². The number of benzene rings is 1. The van der Waals surface area contributed by atoms with Crippen LogP contribution in [0.25, 0.3) is 11.4 Å². The van der Waals surface area contributed by atoms with Crippen LogP contribution in [0.5, 0.6) is 0 Å². The van der Waals surface area contributed by atoms with E-state index < -0.39 is 0 Å². The Morgan fingerprint density at radius 1 is 1.37 bits per heavy atom. The van der Waals surface area contributed by atoms with E-state index in [0.717, 1.165) is 16.1 Å². The van der Waals surface area contributed by atoms with Gasteiger partial charge in [0, 0.05) is 36.0 Å². The van der Waals surface area contributed by atoms with Crippen LogP contribution >= 0.6 is 11.3 Å². The Morgan fingerprint density at radius 3 is 3.00 bits per heavy atom. The lowest BCUT2D eigenvalue weighted by molar-refractivity contribution is -0.126. The SMILES string of the molecule is Cc1nc(-c2cccc(N3C[C@H](C(=O)NCc4cccs4)CC3=O)c2)no1. The molecule has 1 N–H and O–H groups in total. The summed E-state index contributed by atoms with van der Waals surface area (Å²) in [4.78, 5) is 31.9. The first-order valence-electron chi connectivity index (χ1n) is 8.61. The minimum Gasteiger partial charge on any atom is -0.351 e. The van der Waals surface area contributed by atoms with Crippen molar-refractivity contribution in [1.82, 2.24) is 15.5 Å². The molecule has 4 rings (SSSR count). The first kappa shape index (κ1) is 17.4. The number of rotatable bonds is 5. The Labute approximate surface area is 160 Å². The molecular formula is C19H18N4O3S. The number of thiophene rings is 1. The van der Waals surface area contributed by atoms with Crippen molar-refractivity contribution in [3.05, 3.63) is 52.5 Å². The fraction of sp³-hybridized carbons (Fsp3) is 0.263. The molecule has 1 saturated heterocycles. The molecule has 2 aromatic heterocycles. The molecule has 1 fully saturated rings. The number of nitrogens with one attached hydrogen (secondary N) is 1. The van der Waals surface area contributed by atoms with E-state index in [0.29, 0.717) is 24.8 Å². The zero-order valence-electron chi connectivity index (χ0n) is 14.7. The summed E-state index contributed by atoms with van der Waals surface area (Å²) in [6.45, 7) is 2.58. The van der Waals surface area contributed by atoms with Gasteiger partial charge < -0.3 is 14.7 Å². The van der Waals surface area contributed by atoms with Crippen molar-refractivity contribution >= 4 is 28.8 Å². The van der Waals surface area contributed by atoms with E-state index in [2.05, 4.69) is 15.5 Å². The number of nitrogens with zero attached hydrogens (tertiary/aromatic N) is 3. The van der Waals surface area contributed by atoms with Crippen molar-refractivity contribution in [1.29, 1.82) is 0 Å². The van der Waals surface area contributed by atoms with Gasteiger partial charge in [0.2, 0.25) is 23.5 Å². The molecule has 1 aromatic carbocycles. The van der Waals surface area contributed by atoms with Gasteiger partial charge in [0.1, 0.15) is 0 Å². The summed E-state index contributed by atoms with van der Waals surface area (Å²) in [5.41, 5.74) is 1.50. The molecule has 1 aliphatic heterocycles. The van der Waals surface area contributed by atoms with Crippen LogP contribution in [0, 0.1) is 12.8 Å². The molecule has 138 valence electrons. The lowest BCUT2D eigenvalue weighted by atomic mass is 10.1. The molecule has 3 aromatic rings. The van der Waals surface area contributed by atoms with Gasteiger partial charge in [-0.15, -0.1) is 11.3 Å². The minimum atomic E-state index is -0.353. The van der Waals surface area contributed by atoms with Crippen LogP contribution in [-0.2, 0) is 16.1 Å². The predicted octanol–water partition coefficient (Wildman–Crippen LogP) is 2.78. The van der Waals surface area contributed by atoms with Crippen LogP contribution < -0.4 is 10.2 Å². The Morgan fingerprint density at radius 2 is 2.26 bits per heavy atom. The van der Waals surface area contributed by atoms with Crippen molar-refractivity contribution in [2.75, 3.05) is 11.4 Å². The van der Waals surface area contributed by atoms with Gasteiger partial charge in [-0.3, -0.25) is 9.59 Å². The normalized spacial score (nSPS) is 16.7. The van der Waals surface area contributed by atoms with Crippen LogP contribution in [0.2, 0.25) is 0 Å². The smallest absolute Gasteiger partial charge is 0.227 e. The highest BCUT2D eigenvalue weighted by Gasteiger charge is 2.35. The lowest BCUT2D eigenvalue weighted by Crippen LogP contribution is -2.32. The van der Waals surface area contributed by atoms with E-state index in [1.54, 1.807) is 23.2 Å². The minimum absolute atomic E-state index is 0.0623. The van der Waals surface area contributed by atoms with Crippen LogP contribution in [0.15, 0.2) is 46.3 Å². The number of amides is 2. The van der Waals surface area contributed by atoms with E-state index in [-0.39, 0.29) is 24.2 Å². The monoisotopic (exact) mass is 382 g/mol. The van der Waals surface area contributed by atoms with Gasteiger partial charge in [-0.05, 0) is 23.6 Å². The number of hydrogen-bond donors (Lipinski definition) is 1. The second-order valence-electron chi connectivity index (χ2n) is 6.39. The number of aryl methyl sites for hydroxylation is 1. The fourth-order valence-corrected chi connectivity index (χ4v) is 3.74. The third-order valence-corrected chi connectivity index (χ3v) is 5.33. The van der Waals surface area contributed by atoms with Gasteiger partial charge in [0.05, 0.1) is 12.5 Å². The Hall–Kier alpha value is -3.00. The van der Waals surface area contributed by atoms with Crippen molar-refractivity contribution < 1.29 is 14.1 Å². The van der Waals surface area contributed by atoms with E-state index in [1.807, 2.05) is 41.8 Å². The summed E-state index contributed by atoms with van der Waals surface area (Å²) in [5, 5.41) is 8.80. The molecule has 27 heavy (non-hydrogen) atoms. The van der Waals surface area contributed by atoms with Crippen molar-refractivity contribution in [2.45, 2.75) is 19.9 Å². The quantitative estimate of drug-likeness (QED) is 0.733. The second-order valence-corrected chi connectivity index (χ2v) is 7.42. The zero-order valence-corrected chi connectivity index (χ0v) is 15.5. The molecule has 0 radical (unpaired) electrons. The summed E-state index contributed by atoms with van der Waals surface area (Å²) in [5.74, 6) is 0.451. The number of hydrogen-bond acceptors (Lipinski definition) is 6. The summed E-state index contributed by atoms with van der Waals surface area (Å²) in [7, 11) is 0. The maximum Gasteiger partial charge on any atom is 0.227 e. The molecule has 0 aliphatic carbocycles. The highest BCUT2D eigenvalue weighted by molar-refractivity contribution is 7.09. The molecule has 8 heteroatoms. The van der Waals surface area contributed by atoms with Gasteiger partial charge in [0.25, 0.3) is 0 Å². The van der Waals surface area contributed by atoms with Crippen molar-refractivity contribution in [2.24, 2.45) is 5.92 Å². The van der Waals surface area contributed by atoms with Crippen LogP contribution in [0.4, 0.5) is 5.69 Å². The standard InChI is InChI=1S/C19H18N4O3S/c1-12-21-18(22-26-12)13-4-2-5-15(8-13)23-11-14(9-17(23)24)19(25)20-10-16-6-3-7-27-16/h2-8,14H,9-11H2,1H3,(H,20,25)/t14-/m1/s1. The summed E-state index contributed by atoms with van der Waals surface area (Å²) in [6.07, 6.45) is 0.210. The molecule has 2 amide bonds. The molecule has 0 bridgehead atoms. The Kier molecular flexibility index (Phi) is 4.72.